The molecule has 0 saturated carbocycles. The average molecular weight is 514 g/mol. The highest BCUT2D eigenvalue weighted by molar-refractivity contribution is 6.32. The predicted molar refractivity (Wildman–Crippen MR) is 132 cm³/mol. The van der Waals surface area contributed by atoms with E-state index in [1.54, 1.807) is 62.5 Å². The molecular formula is C27H23ClF3N3O2. The van der Waals surface area contributed by atoms with Crippen molar-refractivity contribution in [2.75, 3.05) is 7.05 Å². The maximum absolute atomic E-state index is 13.5. The summed E-state index contributed by atoms with van der Waals surface area (Å²) >= 11 is 6.23. The lowest BCUT2D eigenvalue weighted by atomic mass is 10.0. The fourth-order valence-electron chi connectivity index (χ4n) is 3.85. The number of aliphatic hydroxyl groups is 1. The third-order valence-corrected chi connectivity index (χ3v) is 6.36. The monoisotopic (exact) mass is 513 g/mol. The highest BCUT2D eigenvalue weighted by Gasteiger charge is 2.35. The average Bonchev–Trinajstić information content (AvgIpc) is 3.34. The number of rotatable bonds is 6. The normalized spacial score (nSPS) is 13.3. The summed E-state index contributed by atoms with van der Waals surface area (Å²) in [6.07, 6.45) is -5.53. The van der Waals surface area contributed by atoms with Gasteiger partial charge in [-0.05, 0) is 42.8 Å². The van der Waals surface area contributed by atoms with Gasteiger partial charge in [-0.15, -0.1) is 0 Å². The summed E-state index contributed by atoms with van der Waals surface area (Å²) in [5.74, 6) is -0.334. The summed E-state index contributed by atoms with van der Waals surface area (Å²) in [5.41, 5.74) is 0.862. The van der Waals surface area contributed by atoms with Crippen LogP contribution in [-0.2, 0) is 6.18 Å². The van der Waals surface area contributed by atoms with Gasteiger partial charge in [0, 0.05) is 18.2 Å². The van der Waals surface area contributed by atoms with Gasteiger partial charge >= 0.3 is 6.18 Å². The van der Waals surface area contributed by atoms with E-state index in [0.717, 1.165) is 10.7 Å². The van der Waals surface area contributed by atoms with E-state index < -0.39 is 24.0 Å². The number of hydrogen-bond acceptors (Lipinski definition) is 3. The molecule has 1 N–H and O–H groups in total. The number of aliphatic hydroxyl groups excluding tert-OH is 1. The number of halogens is 4. The molecule has 4 aromatic rings. The largest absolute Gasteiger partial charge is 0.435 e. The molecule has 5 nitrogen and oxygen atoms in total. The number of carbonyl (C=O) groups is 1. The van der Waals surface area contributed by atoms with Crippen molar-refractivity contribution in [3.05, 3.63) is 107 Å². The molecule has 1 heterocycles. The first-order valence-electron chi connectivity index (χ1n) is 11.1. The summed E-state index contributed by atoms with van der Waals surface area (Å²) < 4.78 is 41.5. The number of benzene rings is 3. The van der Waals surface area contributed by atoms with Crippen LogP contribution in [0.4, 0.5) is 13.2 Å². The SMILES string of the molecule is CC([C@H](O)c1ccccc1)N(C)C(=O)c1ccc(-c2cc(C(F)(F)F)nn2-c2ccccc2Cl)cc1. The van der Waals surface area contributed by atoms with E-state index in [4.69, 9.17) is 11.6 Å². The molecule has 1 unspecified atom stereocenters. The van der Waals surface area contributed by atoms with Gasteiger partial charge in [-0.3, -0.25) is 4.79 Å². The Labute approximate surface area is 211 Å². The second-order valence-corrected chi connectivity index (χ2v) is 8.77. The maximum Gasteiger partial charge on any atom is 0.435 e. The van der Waals surface area contributed by atoms with Gasteiger partial charge in [0.25, 0.3) is 5.91 Å². The third-order valence-electron chi connectivity index (χ3n) is 6.04. The van der Waals surface area contributed by atoms with Crippen molar-refractivity contribution in [2.45, 2.75) is 25.2 Å². The van der Waals surface area contributed by atoms with E-state index >= 15 is 0 Å². The van der Waals surface area contributed by atoms with E-state index in [9.17, 15) is 23.1 Å². The van der Waals surface area contributed by atoms with Crippen molar-refractivity contribution in [3.8, 4) is 16.9 Å². The van der Waals surface area contributed by atoms with Gasteiger partial charge in [-0.25, -0.2) is 4.68 Å². The molecule has 0 aliphatic rings. The Bertz CT molecular complexity index is 1350. The highest BCUT2D eigenvalue weighted by atomic mass is 35.5. The fourth-order valence-corrected chi connectivity index (χ4v) is 4.06. The van der Waals surface area contributed by atoms with E-state index in [-0.39, 0.29) is 16.6 Å². The number of carbonyl (C=O) groups excluding carboxylic acids is 1. The molecular weight excluding hydrogens is 491 g/mol. The van der Waals surface area contributed by atoms with Crippen molar-refractivity contribution < 1.29 is 23.1 Å². The van der Waals surface area contributed by atoms with Gasteiger partial charge in [0.2, 0.25) is 0 Å². The Balaban J connectivity index is 1.63. The summed E-state index contributed by atoms with van der Waals surface area (Å²) in [6, 6.07) is 22.1. The molecule has 4 rings (SSSR count). The zero-order valence-electron chi connectivity index (χ0n) is 19.4. The number of aromatic nitrogens is 2. The van der Waals surface area contributed by atoms with Gasteiger partial charge in [0.05, 0.1) is 28.5 Å². The van der Waals surface area contributed by atoms with Crippen molar-refractivity contribution >= 4 is 17.5 Å². The number of likely N-dealkylation sites (N-methyl/N-ethyl adjacent to an activating group) is 1. The summed E-state index contributed by atoms with van der Waals surface area (Å²) in [7, 11) is 1.59. The van der Waals surface area contributed by atoms with Crippen LogP contribution in [0.2, 0.25) is 5.02 Å². The molecule has 0 saturated heterocycles. The first kappa shape index (κ1) is 25.5. The van der Waals surface area contributed by atoms with Crippen LogP contribution in [0.3, 0.4) is 0 Å². The highest BCUT2D eigenvalue weighted by Crippen LogP contribution is 2.34. The topological polar surface area (TPSA) is 58.4 Å². The van der Waals surface area contributed by atoms with Crippen LogP contribution in [0.5, 0.6) is 0 Å². The minimum atomic E-state index is -4.64. The van der Waals surface area contributed by atoms with Crippen LogP contribution in [-0.4, -0.2) is 38.8 Å². The first-order valence-corrected chi connectivity index (χ1v) is 11.5. The van der Waals surface area contributed by atoms with Crippen LogP contribution >= 0.6 is 11.6 Å². The smallest absolute Gasteiger partial charge is 0.386 e. The Kier molecular flexibility index (Phi) is 7.19. The maximum atomic E-state index is 13.5. The van der Waals surface area contributed by atoms with Crippen LogP contribution in [0, 0.1) is 0 Å². The molecule has 9 heteroatoms. The van der Waals surface area contributed by atoms with Gasteiger partial charge in [0.15, 0.2) is 5.69 Å². The quantitative estimate of drug-likeness (QED) is 0.324. The van der Waals surface area contributed by atoms with Crippen molar-refractivity contribution in [2.24, 2.45) is 0 Å². The van der Waals surface area contributed by atoms with Crippen LogP contribution in [0.25, 0.3) is 16.9 Å². The Morgan fingerprint density at radius 3 is 2.22 bits per heavy atom. The fraction of sp³-hybridized carbons (Fsp3) is 0.185. The van der Waals surface area contributed by atoms with E-state index in [1.165, 1.54) is 17.0 Å². The lowest BCUT2D eigenvalue weighted by Gasteiger charge is -2.29. The Morgan fingerprint density at radius 1 is 1.00 bits per heavy atom. The number of alkyl halides is 3. The number of hydrogen-bond donors (Lipinski definition) is 1. The standard InChI is InChI=1S/C27H23ClF3N3O2/c1-17(25(35)19-8-4-3-5-9-19)33(2)26(36)20-14-12-18(13-15-20)23-16-24(27(29,30)31)32-34(23)22-11-7-6-10-21(22)28/h3-17,25,35H,1-2H3/t17?,25-/m0/s1. The second kappa shape index (κ2) is 10.2. The number of para-hydroxylation sites is 1. The molecule has 2 atom stereocenters. The van der Waals surface area contributed by atoms with E-state index in [0.29, 0.717) is 22.4 Å². The van der Waals surface area contributed by atoms with Crippen LogP contribution < -0.4 is 0 Å². The molecule has 0 fully saturated rings. The lowest BCUT2D eigenvalue weighted by Crippen LogP contribution is -2.39. The Hall–Kier alpha value is -3.62. The summed E-state index contributed by atoms with van der Waals surface area (Å²) in [4.78, 5) is 14.5. The number of nitrogens with zero attached hydrogens (tertiary/aromatic N) is 3. The van der Waals surface area contributed by atoms with Gasteiger partial charge in [0.1, 0.15) is 0 Å². The molecule has 0 bridgehead atoms. The van der Waals surface area contributed by atoms with Gasteiger partial charge in [-0.2, -0.15) is 18.3 Å². The molecule has 0 aliphatic heterocycles. The number of amides is 1. The summed E-state index contributed by atoms with van der Waals surface area (Å²) in [6.45, 7) is 1.74. The molecule has 36 heavy (non-hydrogen) atoms. The van der Waals surface area contributed by atoms with E-state index in [1.807, 2.05) is 18.2 Å². The zero-order chi connectivity index (χ0) is 26.0. The predicted octanol–water partition coefficient (Wildman–Crippen LogP) is 6.41. The third kappa shape index (κ3) is 5.15. The minimum Gasteiger partial charge on any atom is -0.386 e. The molecule has 1 aromatic heterocycles. The minimum absolute atomic E-state index is 0.177. The molecule has 186 valence electrons. The van der Waals surface area contributed by atoms with Gasteiger partial charge < -0.3 is 10.0 Å². The molecule has 0 radical (unpaired) electrons. The summed E-state index contributed by atoms with van der Waals surface area (Å²) in [5, 5.41) is 14.7. The lowest BCUT2D eigenvalue weighted by molar-refractivity contribution is -0.141. The van der Waals surface area contributed by atoms with Crippen LogP contribution in [0.1, 0.15) is 34.6 Å². The molecule has 0 spiro atoms. The second-order valence-electron chi connectivity index (χ2n) is 8.37. The van der Waals surface area contributed by atoms with Crippen molar-refractivity contribution in [3.63, 3.8) is 0 Å². The first-order chi connectivity index (χ1) is 17.1. The molecule has 0 aliphatic carbocycles. The Morgan fingerprint density at radius 2 is 1.61 bits per heavy atom. The molecule has 3 aromatic carbocycles. The van der Waals surface area contributed by atoms with Crippen LogP contribution in [0.15, 0.2) is 84.9 Å². The molecule has 1 amide bonds. The van der Waals surface area contributed by atoms with Crippen molar-refractivity contribution in [1.29, 1.82) is 0 Å². The van der Waals surface area contributed by atoms with E-state index in [2.05, 4.69) is 5.10 Å². The van der Waals surface area contributed by atoms with Gasteiger partial charge in [-0.1, -0.05) is 66.2 Å². The zero-order valence-corrected chi connectivity index (χ0v) is 20.2. The van der Waals surface area contributed by atoms with Crippen molar-refractivity contribution in [1.82, 2.24) is 14.7 Å².